The van der Waals surface area contributed by atoms with Gasteiger partial charge in [-0.25, -0.2) is 4.68 Å². The van der Waals surface area contributed by atoms with Crippen molar-refractivity contribution in [2.24, 2.45) is 5.92 Å². The first kappa shape index (κ1) is 15.1. The topological polar surface area (TPSA) is 58.4 Å². The van der Waals surface area contributed by atoms with Crippen LogP contribution in [0.3, 0.4) is 0 Å². The lowest BCUT2D eigenvalue weighted by Crippen LogP contribution is -2.29. The Morgan fingerprint density at radius 2 is 2.00 bits per heavy atom. The monoisotopic (exact) mass is 319 g/mol. The fraction of sp³-hybridized carbons (Fsp3) is 0.375. The van der Waals surface area contributed by atoms with Gasteiger partial charge in [0.05, 0.1) is 23.0 Å². The number of aryl methyl sites for hydroxylation is 1. The lowest BCUT2D eigenvalue weighted by Gasteiger charge is -2.14. The molecule has 2 atom stereocenters. The van der Waals surface area contributed by atoms with Gasteiger partial charge in [0.15, 0.2) is 0 Å². The van der Waals surface area contributed by atoms with E-state index in [-0.39, 0.29) is 11.8 Å². The number of aromatic nitrogens is 2. The van der Waals surface area contributed by atoms with Crippen molar-refractivity contribution in [2.75, 3.05) is 13.1 Å². The molecule has 0 aliphatic carbocycles. The number of β-amino-alcohol motifs (C(OH)–C–C–N with tert-alkyl or cyclic N) is 1. The molecule has 1 N–H and O–H groups in total. The number of nitrogens with zero attached hydrogens (tertiary/aromatic N) is 3. The number of aliphatic hydroxyl groups excluding tert-OH is 1. The first-order chi connectivity index (χ1) is 10.5. The first-order valence-electron chi connectivity index (χ1n) is 7.25. The van der Waals surface area contributed by atoms with E-state index in [2.05, 4.69) is 5.10 Å². The van der Waals surface area contributed by atoms with E-state index < -0.39 is 6.10 Å². The number of carbonyl (C=O) groups excluding carboxylic acids is 1. The summed E-state index contributed by atoms with van der Waals surface area (Å²) in [5.41, 5.74) is 2.09. The van der Waals surface area contributed by atoms with Gasteiger partial charge in [-0.05, 0) is 31.2 Å². The zero-order valence-corrected chi connectivity index (χ0v) is 13.3. The molecule has 1 aliphatic rings. The average molecular weight is 320 g/mol. The van der Waals surface area contributed by atoms with Gasteiger partial charge in [0, 0.05) is 30.2 Å². The molecule has 1 aromatic heterocycles. The van der Waals surface area contributed by atoms with Crippen molar-refractivity contribution < 1.29 is 9.90 Å². The van der Waals surface area contributed by atoms with E-state index in [1.54, 1.807) is 27.9 Å². The van der Waals surface area contributed by atoms with Gasteiger partial charge < -0.3 is 10.0 Å². The number of halogens is 1. The van der Waals surface area contributed by atoms with Crippen LogP contribution in [-0.4, -0.2) is 44.9 Å². The van der Waals surface area contributed by atoms with E-state index in [9.17, 15) is 9.90 Å². The highest BCUT2D eigenvalue weighted by molar-refractivity contribution is 6.30. The second-order valence-electron chi connectivity index (χ2n) is 5.80. The van der Waals surface area contributed by atoms with Crippen LogP contribution in [0.4, 0.5) is 0 Å². The summed E-state index contributed by atoms with van der Waals surface area (Å²) in [6.45, 7) is 4.72. The van der Waals surface area contributed by atoms with Crippen LogP contribution >= 0.6 is 11.6 Å². The third kappa shape index (κ3) is 2.74. The third-order valence-electron chi connectivity index (χ3n) is 4.08. The van der Waals surface area contributed by atoms with Gasteiger partial charge in [-0.15, -0.1) is 0 Å². The molecule has 116 valence electrons. The van der Waals surface area contributed by atoms with Crippen molar-refractivity contribution in [1.82, 2.24) is 14.7 Å². The Balaban J connectivity index is 1.86. The van der Waals surface area contributed by atoms with Crippen LogP contribution in [0.2, 0.25) is 5.02 Å². The summed E-state index contributed by atoms with van der Waals surface area (Å²) in [6.07, 6.45) is 1.28. The molecule has 1 saturated heterocycles. The predicted molar refractivity (Wildman–Crippen MR) is 84.4 cm³/mol. The minimum Gasteiger partial charge on any atom is -0.391 e. The van der Waals surface area contributed by atoms with Crippen molar-refractivity contribution >= 4 is 17.5 Å². The van der Waals surface area contributed by atoms with E-state index in [1.165, 1.54) is 0 Å². The molecule has 0 unspecified atom stereocenters. The molecule has 0 bridgehead atoms. The number of aliphatic hydroxyl groups is 1. The Kier molecular flexibility index (Phi) is 3.93. The summed E-state index contributed by atoms with van der Waals surface area (Å²) in [5, 5.41) is 14.9. The van der Waals surface area contributed by atoms with Crippen LogP contribution in [0.5, 0.6) is 0 Å². The maximum atomic E-state index is 12.6. The second kappa shape index (κ2) is 5.74. The van der Waals surface area contributed by atoms with Crippen molar-refractivity contribution in [3.8, 4) is 5.69 Å². The molecule has 0 radical (unpaired) electrons. The molecule has 22 heavy (non-hydrogen) atoms. The maximum absolute atomic E-state index is 12.6. The Labute approximate surface area is 134 Å². The van der Waals surface area contributed by atoms with Crippen molar-refractivity contribution in [3.05, 3.63) is 46.7 Å². The minimum atomic E-state index is -0.449. The van der Waals surface area contributed by atoms with E-state index in [0.717, 1.165) is 5.69 Å². The minimum absolute atomic E-state index is 0.0823. The van der Waals surface area contributed by atoms with Crippen molar-refractivity contribution in [3.63, 3.8) is 0 Å². The molecule has 1 fully saturated rings. The number of hydrogen-bond acceptors (Lipinski definition) is 3. The lowest BCUT2D eigenvalue weighted by molar-refractivity contribution is 0.0764. The molecular weight excluding hydrogens is 302 g/mol. The van der Waals surface area contributed by atoms with Crippen LogP contribution in [0.15, 0.2) is 30.5 Å². The molecule has 5 nitrogen and oxygen atoms in total. The third-order valence-corrected chi connectivity index (χ3v) is 4.33. The van der Waals surface area contributed by atoms with Crippen LogP contribution in [0.25, 0.3) is 5.69 Å². The van der Waals surface area contributed by atoms with Gasteiger partial charge in [-0.2, -0.15) is 5.10 Å². The van der Waals surface area contributed by atoms with Gasteiger partial charge in [0.1, 0.15) is 0 Å². The summed E-state index contributed by atoms with van der Waals surface area (Å²) in [6, 6.07) is 7.28. The van der Waals surface area contributed by atoms with Crippen LogP contribution in [-0.2, 0) is 0 Å². The molecular formula is C16H18ClN3O2. The zero-order chi connectivity index (χ0) is 15.9. The van der Waals surface area contributed by atoms with Crippen molar-refractivity contribution in [1.29, 1.82) is 0 Å². The van der Waals surface area contributed by atoms with Crippen LogP contribution in [0.1, 0.15) is 23.0 Å². The number of amides is 1. The number of likely N-dealkylation sites (tertiary alicyclic amines) is 1. The van der Waals surface area contributed by atoms with Gasteiger partial charge in [0.2, 0.25) is 0 Å². The van der Waals surface area contributed by atoms with E-state index >= 15 is 0 Å². The number of rotatable bonds is 2. The first-order valence-corrected chi connectivity index (χ1v) is 7.63. The largest absolute Gasteiger partial charge is 0.391 e. The number of benzene rings is 1. The van der Waals surface area contributed by atoms with Gasteiger partial charge in [-0.1, -0.05) is 18.5 Å². The SMILES string of the molecule is Cc1nn(-c2ccc(Cl)cc2)cc1C(=O)N1C[C@@H](C)[C@@H](O)C1. The quantitative estimate of drug-likeness (QED) is 0.924. The normalized spacial score (nSPS) is 21.4. The lowest BCUT2D eigenvalue weighted by atomic mass is 10.1. The zero-order valence-electron chi connectivity index (χ0n) is 12.5. The summed E-state index contributed by atoms with van der Waals surface area (Å²) in [7, 11) is 0. The van der Waals surface area contributed by atoms with Crippen molar-refractivity contribution in [2.45, 2.75) is 20.0 Å². The highest BCUT2D eigenvalue weighted by Gasteiger charge is 2.32. The molecule has 1 amide bonds. The molecule has 0 saturated carbocycles. The van der Waals surface area contributed by atoms with Crippen LogP contribution < -0.4 is 0 Å². The Morgan fingerprint density at radius 1 is 1.32 bits per heavy atom. The standard InChI is InChI=1S/C16H18ClN3O2/c1-10-7-19(9-15(10)21)16(22)14-8-20(18-11(14)2)13-5-3-12(17)4-6-13/h3-6,8,10,15,21H,7,9H2,1-2H3/t10-,15+/m1/s1. The molecule has 3 rings (SSSR count). The molecule has 2 heterocycles. The molecule has 0 spiro atoms. The molecule has 1 aromatic carbocycles. The molecule has 6 heteroatoms. The highest BCUT2D eigenvalue weighted by atomic mass is 35.5. The molecule has 1 aliphatic heterocycles. The van der Waals surface area contributed by atoms with E-state index in [4.69, 9.17) is 11.6 Å². The van der Waals surface area contributed by atoms with E-state index in [1.807, 2.05) is 26.0 Å². The van der Waals surface area contributed by atoms with Gasteiger partial charge in [0.25, 0.3) is 5.91 Å². The number of hydrogen-bond donors (Lipinski definition) is 1. The summed E-state index contributed by atoms with van der Waals surface area (Å²) in [5.74, 6) is 0.0247. The highest BCUT2D eigenvalue weighted by Crippen LogP contribution is 2.21. The summed E-state index contributed by atoms with van der Waals surface area (Å²) < 4.78 is 1.68. The molecule has 2 aromatic rings. The summed E-state index contributed by atoms with van der Waals surface area (Å²) >= 11 is 5.89. The average Bonchev–Trinajstić information content (AvgIpc) is 3.03. The summed E-state index contributed by atoms with van der Waals surface area (Å²) in [4.78, 5) is 14.3. The Bertz CT molecular complexity index is 686. The van der Waals surface area contributed by atoms with E-state index in [0.29, 0.717) is 29.4 Å². The van der Waals surface area contributed by atoms with Gasteiger partial charge >= 0.3 is 0 Å². The Morgan fingerprint density at radius 3 is 2.59 bits per heavy atom. The van der Waals surface area contributed by atoms with Crippen LogP contribution in [0, 0.1) is 12.8 Å². The van der Waals surface area contributed by atoms with Gasteiger partial charge in [-0.3, -0.25) is 4.79 Å². The predicted octanol–water partition coefficient (Wildman–Crippen LogP) is 2.29. The Hall–Kier alpha value is -1.85. The number of carbonyl (C=O) groups is 1. The fourth-order valence-corrected chi connectivity index (χ4v) is 2.81. The smallest absolute Gasteiger partial charge is 0.257 e. The second-order valence-corrected chi connectivity index (χ2v) is 6.24. The fourth-order valence-electron chi connectivity index (χ4n) is 2.68. The maximum Gasteiger partial charge on any atom is 0.257 e.